The van der Waals surface area contributed by atoms with Crippen LogP contribution in [0.25, 0.3) is 0 Å². The fraction of sp³-hybridized carbons (Fsp3) is 0.600. The fourth-order valence-electron chi connectivity index (χ4n) is 1.69. The van der Waals surface area contributed by atoms with Crippen LogP contribution in [0.2, 0.25) is 0 Å². The van der Waals surface area contributed by atoms with Crippen LogP contribution >= 0.6 is 0 Å². The molecule has 1 fully saturated rings. The average molecular weight is 197 g/mol. The van der Waals surface area contributed by atoms with Crippen molar-refractivity contribution < 1.29 is 14.7 Å². The summed E-state index contributed by atoms with van der Waals surface area (Å²) in [5.41, 5.74) is 0. The van der Waals surface area contributed by atoms with E-state index in [-0.39, 0.29) is 5.91 Å². The van der Waals surface area contributed by atoms with Crippen molar-refractivity contribution >= 4 is 11.9 Å². The maximum atomic E-state index is 11.5. The number of allylic oxidation sites excluding steroid dienone is 1. The average Bonchev–Trinajstić information content (AvgIpc) is 2.62. The third-order valence-corrected chi connectivity index (χ3v) is 2.42. The van der Waals surface area contributed by atoms with Crippen LogP contribution in [0.3, 0.4) is 0 Å². The Morgan fingerprint density at radius 2 is 2.29 bits per heavy atom. The molecule has 1 atom stereocenters. The summed E-state index contributed by atoms with van der Waals surface area (Å²) in [7, 11) is 0. The number of hydrogen-bond acceptors (Lipinski definition) is 2. The monoisotopic (exact) mass is 197 g/mol. The zero-order chi connectivity index (χ0) is 10.6. The van der Waals surface area contributed by atoms with Gasteiger partial charge in [-0.2, -0.15) is 0 Å². The van der Waals surface area contributed by atoms with Crippen LogP contribution in [0.15, 0.2) is 12.7 Å². The highest BCUT2D eigenvalue weighted by Gasteiger charge is 2.33. The highest BCUT2D eigenvalue weighted by molar-refractivity contribution is 5.84. The Balaban J connectivity index is 2.53. The summed E-state index contributed by atoms with van der Waals surface area (Å²) in [6, 6.07) is -0.604. The fourth-order valence-corrected chi connectivity index (χ4v) is 1.69. The molecule has 4 heteroatoms. The Hall–Kier alpha value is -1.32. The highest BCUT2D eigenvalue weighted by Crippen LogP contribution is 2.18. The third-order valence-electron chi connectivity index (χ3n) is 2.42. The lowest BCUT2D eigenvalue weighted by Crippen LogP contribution is -2.40. The first kappa shape index (κ1) is 10.8. The highest BCUT2D eigenvalue weighted by atomic mass is 16.4. The molecule has 1 rings (SSSR count). The molecule has 0 aromatic carbocycles. The first-order chi connectivity index (χ1) is 6.66. The van der Waals surface area contributed by atoms with Gasteiger partial charge in [-0.1, -0.05) is 6.08 Å². The quantitative estimate of drug-likeness (QED) is 0.685. The van der Waals surface area contributed by atoms with Gasteiger partial charge in [0.05, 0.1) is 0 Å². The normalized spacial score (nSPS) is 20.9. The van der Waals surface area contributed by atoms with Crippen molar-refractivity contribution in [1.82, 2.24) is 4.90 Å². The summed E-state index contributed by atoms with van der Waals surface area (Å²) in [6.07, 6.45) is 4.02. The van der Waals surface area contributed by atoms with Gasteiger partial charge in [-0.15, -0.1) is 6.58 Å². The largest absolute Gasteiger partial charge is 0.480 e. The Morgan fingerprint density at radius 1 is 1.57 bits per heavy atom. The van der Waals surface area contributed by atoms with Gasteiger partial charge >= 0.3 is 5.97 Å². The van der Waals surface area contributed by atoms with Crippen molar-refractivity contribution in [2.45, 2.75) is 31.7 Å². The smallest absolute Gasteiger partial charge is 0.326 e. The van der Waals surface area contributed by atoms with Gasteiger partial charge in [-0.25, -0.2) is 4.79 Å². The SMILES string of the molecule is C=CCCC(=O)N1CCC[C@@H]1C(=O)O. The van der Waals surface area contributed by atoms with E-state index in [1.165, 1.54) is 4.90 Å². The van der Waals surface area contributed by atoms with E-state index in [4.69, 9.17) is 5.11 Å². The van der Waals surface area contributed by atoms with E-state index < -0.39 is 12.0 Å². The number of carboxylic acids is 1. The minimum Gasteiger partial charge on any atom is -0.480 e. The molecule has 1 heterocycles. The number of carbonyl (C=O) groups excluding carboxylic acids is 1. The van der Waals surface area contributed by atoms with E-state index in [2.05, 4.69) is 6.58 Å². The van der Waals surface area contributed by atoms with Gasteiger partial charge in [0.15, 0.2) is 0 Å². The second-order valence-corrected chi connectivity index (χ2v) is 3.41. The standard InChI is InChI=1S/C10H15NO3/c1-2-3-6-9(12)11-7-4-5-8(11)10(13)14/h2,8H,1,3-7H2,(H,13,14)/t8-/m1/s1. The summed E-state index contributed by atoms with van der Waals surface area (Å²) in [5.74, 6) is -0.968. The summed E-state index contributed by atoms with van der Waals surface area (Å²) < 4.78 is 0. The van der Waals surface area contributed by atoms with Crippen LogP contribution in [0.5, 0.6) is 0 Å². The van der Waals surface area contributed by atoms with Gasteiger partial charge in [0, 0.05) is 13.0 Å². The lowest BCUT2D eigenvalue weighted by atomic mass is 10.2. The first-order valence-electron chi connectivity index (χ1n) is 4.80. The van der Waals surface area contributed by atoms with Gasteiger partial charge in [0.1, 0.15) is 6.04 Å². The summed E-state index contributed by atoms with van der Waals surface area (Å²) >= 11 is 0. The molecule has 14 heavy (non-hydrogen) atoms. The van der Waals surface area contributed by atoms with E-state index in [9.17, 15) is 9.59 Å². The van der Waals surface area contributed by atoms with E-state index in [1.54, 1.807) is 6.08 Å². The molecule has 1 amide bonds. The minimum absolute atomic E-state index is 0.0743. The van der Waals surface area contributed by atoms with E-state index in [1.807, 2.05) is 0 Å². The molecule has 0 spiro atoms. The van der Waals surface area contributed by atoms with E-state index in [0.29, 0.717) is 25.8 Å². The number of amides is 1. The predicted molar refractivity (Wildman–Crippen MR) is 51.8 cm³/mol. The van der Waals surface area contributed by atoms with Crippen molar-refractivity contribution in [3.05, 3.63) is 12.7 Å². The molecule has 1 N–H and O–H groups in total. The third kappa shape index (κ3) is 2.34. The minimum atomic E-state index is -0.894. The molecule has 0 aromatic rings. The number of carbonyl (C=O) groups is 2. The second kappa shape index (κ2) is 4.79. The molecule has 1 saturated heterocycles. The molecule has 0 unspecified atom stereocenters. The van der Waals surface area contributed by atoms with Gasteiger partial charge in [-0.05, 0) is 19.3 Å². The predicted octanol–water partition coefficient (Wildman–Crippen LogP) is 1.03. The molecule has 4 nitrogen and oxygen atoms in total. The Morgan fingerprint density at radius 3 is 2.86 bits per heavy atom. The van der Waals surface area contributed by atoms with Crippen LogP contribution in [-0.2, 0) is 9.59 Å². The Kier molecular flexibility index (Phi) is 3.68. The number of hydrogen-bond donors (Lipinski definition) is 1. The first-order valence-corrected chi connectivity index (χ1v) is 4.80. The van der Waals surface area contributed by atoms with E-state index >= 15 is 0 Å². The molecule has 1 aliphatic heterocycles. The van der Waals surface area contributed by atoms with Crippen molar-refractivity contribution in [2.75, 3.05) is 6.54 Å². The lowest BCUT2D eigenvalue weighted by molar-refractivity contribution is -0.148. The van der Waals surface area contributed by atoms with Gasteiger partial charge in [-0.3, -0.25) is 4.79 Å². The van der Waals surface area contributed by atoms with Crippen LogP contribution in [0.4, 0.5) is 0 Å². The van der Waals surface area contributed by atoms with Crippen molar-refractivity contribution in [1.29, 1.82) is 0 Å². The van der Waals surface area contributed by atoms with E-state index in [0.717, 1.165) is 6.42 Å². The second-order valence-electron chi connectivity index (χ2n) is 3.41. The topological polar surface area (TPSA) is 57.6 Å². The maximum Gasteiger partial charge on any atom is 0.326 e. The number of rotatable bonds is 4. The van der Waals surface area contributed by atoms with Gasteiger partial charge in [0.2, 0.25) is 5.91 Å². The molecular weight excluding hydrogens is 182 g/mol. The summed E-state index contributed by atoms with van der Waals surface area (Å²) in [5, 5.41) is 8.84. The lowest BCUT2D eigenvalue weighted by Gasteiger charge is -2.20. The molecule has 1 aliphatic rings. The van der Waals surface area contributed by atoms with Crippen molar-refractivity contribution in [3.8, 4) is 0 Å². The number of aliphatic carboxylic acids is 1. The number of nitrogens with zero attached hydrogens (tertiary/aromatic N) is 1. The molecule has 0 aliphatic carbocycles. The van der Waals surface area contributed by atoms with Gasteiger partial charge in [0.25, 0.3) is 0 Å². The van der Waals surface area contributed by atoms with Crippen molar-refractivity contribution in [2.24, 2.45) is 0 Å². The van der Waals surface area contributed by atoms with Crippen molar-refractivity contribution in [3.63, 3.8) is 0 Å². The zero-order valence-electron chi connectivity index (χ0n) is 8.11. The summed E-state index contributed by atoms with van der Waals surface area (Å²) in [6.45, 7) is 4.10. The Bertz CT molecular complexity index is 250. The molecular formula is C10H15NO3. The number of carboxylic acid groups (broad SMARTS) is 1. The van der Waals surface area contributed by atoms with Crippen LogP contribution in [0, 0.1) is 0 Å². The maximum absolute atomic E-state index is 11.5. The number of likely N-dealkylation sites (tertiary alicyclic amines) is 1. The Labute approximate surface area is 83.2 Å². The zero-order valence-corrected chi connectivity index (χ0v) is 8.11. The summed E-state index contributed by atoms with van der Waals surface area (Å²) in [4.78, 5) is 23.8. The van der Waals surface area contributed by atoms with Crippen LogP contribution in [-0.4, -0.2) is 34.5 Å². The molecule has 78 valence electrons. The molecule has 0 bridgehead atoms. The van der Waals surface area contributed by atoms with Crippen LogP contribution in [0.1, 0.15) is 25.7 Å². The van der Waals surface area contributed by atoms with Gasteiger partial charge < -0.3 is 10.0 Å². The molecule has 0 saturated carbocycles. The molecule has 0 aromatic heterocycles. The molecule has 0 radical (unpaired) electrons. The van der Waals surface area contributed by atoms with Crippen LogP contribution < -0.4 is 0 Å².